The monoisotopic (exact) mass is 642 g/mol. The average molecular weight is 647 g/mol. The molecule has 0 aliphatic rings. The third-order valence-electron chi connectivity index (χ3n) is 0. The second-order valence-electron chi connectivity index (χ2n) is 1.05. The van der Waals surface area contributed by atoms with Crippen molar-refractivity contribution in [3.8, 4) is 0 Å². The van der Waals surface area contributed by atoms with E-state index in [1.807, 2.05) is 0 Å². The Morgan fingerprint density at radius 1 is 0.381 bits per heavy atom. The maximum atomic E-state index is 9.89. The molecule has 0 aromatic heterocycles. The van der Waals surface area contributed by atoms with Crippen LogP contribution in [0.1, 0.15) is 0 Å². The minimum absolute atomic E-state index is 0.194. The van der Waals surface area contributed by atoms with Crippen LogP contribution in [0.25, 0.3) is 0 Å². The van der Waals surface area contributed by atoms with Gasteiger partial charge in [0, 0.05) is 0 Å². The summed E-state index contributed by atoms with van der Waals surface area (Å²) in [7, 11) is 0. The first-order chi connectivity index (χ1) is 9.31. The van der Waals surface area contributed by atoms with Gasteiger partial charge in [-0.1, -0.05) is 0 Å². The molecule has 16 heteroatoms. The molecule has 0 saturated carbocycles. The first-order valence-corrected chi connectivity index (χ1v) is 12.8. The van der Waals surface area contributed by atoms with Gasteiger partial charge in [0.25, 0.3) is 0 Å². The van der Waals surface area contributed by atoms with Crippen molar-refractivity contribution >= 4 is 136 Å². The van der Waals surface area contributed by atoms with Crippen LogP contribution in [0.2, 0.25) is 0 Å². The molecule has 0 aliphatic heterocycles. The summed E-state index contributed by atoms with van der Waals surface area (Å²) in [4.78, 5) is 0. The summed E-state index contributed by atoms with van der Waals surface area (Å²) in [6, 6.07) is 0. The predicted molar refractivity (Wildman–Crippen MR) is 102 cm³/mol. The third-order valence-corrected chi connectivity index (χ3v) is 0. The SMILES string of the molecule is ClCCl.ClCCl.ClCCl.ClCCl.ClCCl.FI(F)(F)(F)F. The van der Waals surface area contributed by atoms with E-state index >= 15 is 0 Å². The minimum atomic E-state index is -9.05. The van der Waals surface area contributed by atoms with E-state index in [0.29, 0.717) is 0 Å². The fraction of sp³-hybridized carbons (Fsp3) is 1.00. The van der Waals surface area contributed by atoms with Gasteiger partial charge >= 0.3 is 34.2 Å². The van der Waals surface area contributed by atoms with Crippen molar-refractivity contribution in [3.05, 3.63) is 0 Å². The molecular weight excluding hydrogens is 636 g/mol. The van der Waals surface area contributed by atoms with Gasteiger partial charge in [-0.2, -0.15) is 0 Å². The molecule has 0 aromatic rings. The van der Waals surface area contributed by atoms with Gasteiger partial charge in [0.15, 0.2) is 0 Å². The normalized spacial score (nSPS) is 9.76. The average Bonchev–Trinajstić information content (AvgIpc) is 2.18. The predicted octanol–water partition coefficient (Wildman–Crippen LogP) is 10.1. The Hall–Kier alpha value is 3.28. The summed E-state index contributed by atoms with van der Waals surface area (Å²) in [5, 5.41) is 0.972. The molecule has 0 aliphatic carbocycles. The molecule has 0 unspecified atom stereocenters. The van der Waals surface area contributed by atoms with Gasteiger partial charge in [0.05, 0.1) is 26.7 Å². The number of hydrogen-bond donors (Lipinski definition) is 0. The van der Waals surface area contributed by atoms with Gasteiger partial charge in [-0.05, 0) is 0 Å². The Morgan fingerprint density at radius 2 is 0.381 bits per heavy atom. The topological polar surface area (TPSA) is 0 Å². The molecule has 0 rings (SSSR count). The van der Waals surface area contributed by atoms with Crippen LogP contribution < -0.4 is 0 Å². The van der Waals surface area contributed by atoms with E-state index < -0.39 is 19.9 Å². The Morgan fingerprint density at radius 3 is 0.381 bits per heavy atom. The van der Waals surface area contributed by atoms with Crippen molar-refractivity contribution in [3.63, 3.8) is 0 Å². The second-order valence-corrected chi connectivity index (χ2v) is 8.17. The quantitative estimate of drug-likeness (QED) is 0.140. The summed E-state index contributed by atoms with van der Waals surface area (Å²) < 4.78 is 49.5. The Balaban J connectivity index is -0.0000000333. The van der Waals surface area contributed by atoms with Gasteiger partial charge in [0.1, 0.15) is 0 Å². The van der Waals surface area contributed by atoms with Crippen molar-refractivity contribution in [2.45, 2.75) is 0 Å². The Kier molecular flexibility index (Phi) is 64.8. The van der Waals surface area contributed by atoms with Crippen LogP contribution >= 0.6 is 136 Å². The van der Waals surface area contributed by atoms with Gasteiger partial charge in [-0.25, -0.2) is 0 Å². The summed E-state index contributed by atoms with van der Waals surface area (Å²) in [5.74, 6) is 0. The molecule has 0 nitrogen and oxygen atoms in total. The molecule has 0 spiro atoms. The first kappa shape index (κ1) is 39.4. The summed E-state index contributed by atoms with van der Waals surface area (Å²) in [6.07, 6.45) is 0. The van der Waals surface area contributed by atoms with Crippen molar-refractivity contribution < 1.29 is 14.3 Å². The first-order valence-electron chi connectivity index (χ1n) is 3.39. The third kappa shape index (κ3) is 980. The molecule has 0 saturated heterocycles. The van der Waals surface area contributed by atoms with E-state index in [4.69, 9.17) is 116 Å². The molecule has 0 N–H and O–H groups in total. The Labute approximate surface area is 175 Å². The van der Waals surface area contributed by atoms with Crippen LogP contribution in [-0.4, -0.2) is 26.7 Å². The molecule has 0 aromatic carbocycles. The summed E-state index contributed by atoms with van der Waals surface area (Å²) >= 11 is 38.6. The van der Waals surface area contributed by atoms with E-state index in [0.717, 1.165) is 0 Å². The van der Waals surface area contributed by atoms with Gasteiger partial charge in [0.2, 0.25) is 0 Å². The van der Waals surface area contributed by atoms with Crippen molar-refractivity contribution in [2.24, 2.45) is 0 Å². The van der Waals surface area contributed by atoms with E-state index in [2.05, 4.69) is 0 Å². The molecule has 0 amide bonds. The fourth-order valence-corrected chi connectivity index (χ4v) is 0. The molecule has 0 heterocycles. The molecular formula is C5H10Cl10F5I. The maximum absolute atomic E-state index is 9.89. The van der Waals surface area contributed by atoms with Crippen LogP contribution in [0.5, 0.6) is 0 Å². The molecule has 0 radical (unpaired) electrons. The van der Waals surface area contributed by atoms with Crippen LogP contribution in [0.4, 0.5) is 14.3 Å². The van der Waals surface area contributed by atoms with Gasteiger partial charge in [-0.3, -0.25) is 0 Å². The van der Waals surface area contributed by atoms with Gasteiger partial charge < -0.3 is 0 Å². The number of rotatable bonds is 0. The van der Waals surface area contributed by atoms with E-state index in [-0.39, 0.29) is 26.7 Å². The molecule has 21 heavy (non-hydrogen) atoms. The molecule has 0 bridgehead atoms. The van der Waals surface area contributed by atoms with E-state index in [9.17, 15) is 14.3 Å². The number of halogens is 16. The van der Waals surface area contributed by atoms with Crippen LogP contribution in [0.3, 0.4) is 0 Å². The van der Waals surface area contributed by atoms with E-state index in [1.165, 1.54) is 0 Å². The fourth-order valence-electron chi connectivity index (χ4n) is 0. The van der Waals surface area contributed by atoms with Crippen LogP contribution in [0, 0.1) is 0 Å². The number of hydrogen-bond acceptors (Lipinski definition) is 0. The van der Waals surface area contributed by atoms with Crippen molar-refractivity contribution in [1.29, 1.82) is 0 Å². The van der Waals surface area contributed by atoms with Crippen molar-refractivity contribution in [1.82, 2.24) is 0 Å². The number of alkyl halides is 10. The molecule has 0 fully saturated rings. The van der Waals surface area contributed by atoms with E-state index in [1.54, 1.807) is 0 Å². The Bertz CT molecular complexity index is 108. The zero-order chi connectivity index (χ0) is 19.0. The summed E-state index contributed by atoms with van der Waals surface area (Å²) in [6.45, 7) is 0. The zero-order valence-corrected chi connectivity index (χ0v) is 19.3. The standard InChI is InChI=1S/5CH2Cl2.F5I/c5*2-1-3;1-6(2,3,4)5/h5*1H2;. The molecule has 142 valence electrons. The molecule has 0 atom stereocenters. The van der Waals surface area contributed by atoms with Crippen molar-refractivity contribution in [2.75, 3.05) is 26.7 Å². The second kappa shape index (κ2) is 34.6. The zero-order valence-electron chi connectivity index (χ0n) is 9.58. The van der Waals surface area contributed by atoms with Crippen LogP contribution in [0.15, 0.2) is 0 Å². The summed E-state index contributed by atoms with van der Waals surface area (Å²) in [5.41, 5.74) is 0. The van der Waals surface area contributed by atoms with Gasteiger partial charge in [-0.15, -0.1) is 116 Å². The van der Waals surface area contributed by atoms with Crippen LogP contribution in [-0.2, 0) is 0 Å².